The van der Waals surface area contributed by atoms with Crippen LogP contribution in [0.1, 0.15) is 65.3 Å². The molecule has 13 nitrogen and oxygen atoms in total. The lowest BCUT2D eigenvalue weighted by Crippen LogP contribution is -2.67. The van der Waals surface area contributed by atoms with Crippen LogP contribution in [0.2, 0.25) is 5.04 Å². The molecule has 61 heavy (non-hydrogen) atoms. The Balaban J connectivity index is 1.19. The second-order valence-corrected chi connectivity index (χ2v) is 21.5. The SMILES string of the molecule is CC(=O)Nc1nc2c(ncn2[C@H]2C[C@@H]([C@@H]3OC(C)(C)O[C@H]3[C@@H](CO[Si](c3ccccc3)(c3ccccc3)C(C)(C)C)OCc3ccccc3)N(Cc3ccccc3)O2)c(=O)[nH]1. The van der Waals surface area contributed by atoms with Gasteiger partial charge in [0.05, 0.1) is 25.6 Å². The highest BCUT2D eigenvalue weighted by atomic mass is 28.4. The van der Waals surface area contributed by atoms with Crippen LogP contribution in [0.3, 0.4) is 0 Å². The third-order valence-corrected chi connectivity index (χ3v) is 16.4. The molecule has 0 radical (unpaired) electrons. The largest absolute Gasteiger partial charge is 0.405 e. The number of carbonyl (C=O) groups is 1. The molecule has 1 amide bonds. The number of hydroxylamine groups is 2. The summed E-state index contributed by atoms with van der Waals surface area (Å²) in [6, 6.07) is 41.0. The fraction of sp³-hybridized carbons (Fsp3) is 0.362. The molecule has 8 rings (SSSR count). The zero-order chi connectivity index (χ0) is 42.8. The number of aromatic amines is 1. The lowest BCUT2D eigenvalue weighted by Gasteiger charge is -2.44. The third-order valence-electron chi connectivity index (χ3n) is 11.4. The normalized spacial score (nSPS) is 21.1. The molecular formula is C47H54N6O7Si. The van der Waals surface area contributed by atoms with Crippen molar-refractivity contribution in [3.05, 3.63) is 149 Å². The van der Waals surface area contributed by atoms with Crippen LogP contribution in [0.15, 0.2) is 132 Å². The van der Waals surface area contributed by atoms with Crippen LogP contribution >= 0.6 is 0 Å². The highest BCUT2D eigenvalue weighted by Crippen LogP contribution is 2.43. The van der Waals surface area contributed by atoms with E-state index in [1.54, 1.807) is 10.9 Å². The number of benzene rings is 4. The fourth-order valence-corrected chi connectivity index (χ4v) is 13.3. The first-order valence-electron chi connectivity index (χ1n) is 20.8. The number of nitrogens with one attached hydrogen (secondary N) is 2. The standard InChI is InChI=1S/C47H54N6O7Si/c1-32(54)49-45-50-43-40(44(55)51-45)48-31-52(43)39-27-37(53(60-39)28-33-19-11-7-12-20-33)41-42(59-47(5,6)58-41)38(56-29-34-21-13-8-14-22-34)30-57-61(46(2,3)4,35-23-15-9-16-24-35)36-25-17-10-18-26-36/h7-26,31,37-39,41-42H,27-30H2,1-6H3,(H2,49,50,51,54,55)/t37-,38+,39+,41-,42-/m0/s1. The van der Waals surface area contributed by atoms with Gasteiger partial charge in [0.25, 0.3) is 13.9 Å². The maximum atomic E-state index is 13.1. The zero-order valence-electron chi connectivity index (χ0n) is 35.5. The van der Waals surface area contributed by atoms with Crippen molar-refractivity contribution in [1.82, 2.24) is 24.6 Å². The second-order valence-electron chi connectivity index (χ2n) is 17.2. The predicted octanol–water partition coefficient (Wildman–Crippen LogP) is 6.46. The summed E-state index contributed by atoms with van der Waals surface area (Å²) in [5, 5.41) is 6.58. The van der Waals surface area contributed by atoms with Gasteiger partial charge < -0.3 is 18.6 Å². The Bertz CT molecular complexity index is 2420. The lowest BCUT2D eigenvalue weighted by molar-refractivity contribution is -0.208. The highest BCUT2D eigenvalue weighted by molar-refractivity contribution is 6.99. The number of hydrogen-bond donors (Lipinski definition) is 2. The summed E-state index contributed by atoms with van der Waals surface area (Å²) in [6.45, 7) is 13.0. The molecule has 0 spiro atoms. The van der Waals surface area contributed by atoms with Crippen LogP contribution < -0.4 is 21.2 Å². The number of hydrogen-bond acceptors (Lipinski definition) is 10. The smallest absolute Gasteiger partial charge is 0.280 e. The maximum Gasteiger partial charge on any atom is 0.280 e. The Labute approximate surface area is 357 Å². The zero-order valence-corrected chi connectivity index (χ0v) is 36.5. The Morgan fingerprint density at radius 1 is 0.902 bits per heavy atom. The van der Waals surface area contributed by atoms with Crippen LogP contribution in [-0.4, -0.2) is 75.6 Å². The predicted molar refractivity (Wildman–Crippen MR) is 235 cm³/mol. The Morgan fingerprint density at radius 3 is 2.08 bits per heavy atom. The average molecular weight is 843 g/mol. The molecule has 4 aromatic carbocycles. The third kappa shape index (κ3) is 9.02. The van der Waals surface area contributed by atoms with Crippen molar-refractivity contribution in [2.24, 2.45) is 0 Å². The van der Waals surface area contributed by atoms with Gasteiger partial charge in [0.15, 0.2) is 23.2 Å². The summed E-state index contributed by atoms with van der Waals surface area (Å²) in [6.07, 6.45) is -0.412. The van der Waals surface area contributed by atoms with Crippen LogP contribution in [0.4, 0.5) is 5.95 Å². The summed E-state index contributed by atoms with van der Waals surface area (Å²) in [4.78, 5) is 43.4. The van der Waals surface area contributed by atoms with Gasteiger partial charge in [0.2, 0.25) is 11.9 Å². The minimum atomic E-state index is -3.00. The Kier molecular flexibility index (Phi) is 12.2. The maximum absolute atomic E-state index is 13.1. The molecule has 2 fully saturated rings. The van der Waals surface area contributed by atoms with Gasteiger partial charge in [-0.25, -0.2) is 4.98 Å². The van der Waals surface area contributed by atoms with E-state index in [1.807, 2.05) is 67.4 Å². The van der Waals surface area contributed by atoms with Crippen LogP contribution in [0.25, 0.3) is 11.2 Å². The first kappa shape index (κ1) is 42.4. The van der Waals surface area contributed by atoms with Gasteiger partial charge in [-0.1, -0.05) is 142 Å². The molecular weight excluding hydrogens is 789 g/mol. The molecule has 0 saturated carbocycles. The number of carbonyl (C=O) groups excluding carboxylic acids is 1. The molecule has 5 atom stereocenters. The number of H-pyrrole nitrogens is 1. The van der Waals surface area contributed by atoms with Crippen molar-refractivity contribution in [2.45, 2.75) is 103 Å². The molecule has 2 saturated heterocycles. The van der Waals surface area contributed by atoms with Crippen molar-refractivity contribution >= 4 is 41.7 Å². The summed E-state index contributed by atoms with van der Waals surface area (Å²) in [5.74, 6) is -1.33. The first-order valence-corrected chi connectivity index (χ1v) is 22.7. The number of nitrogens with zero attached hydrogens (tertiary/aromatic N) is 4. The minimum Gasteiger partial charge on any atom is -0.405 e. The van der Waals surface area contributed by atoms with E-state index in [9.17, 15) is 9.59 Å². The van der Waals surface area contributed by atoms with Crippen LogP contribution in [0.5, 0.6) is 0 Å². The van der Waals surface area contributed by atoms with Gasteiger partial charge in [0.1, 0.15) is 18.3 Å². The summed E-state index contributed by atoms with van der Waals surface area (Å²) in [7, 11) is -3.00. The minimum absolute atomic E-state index is 0.0241. The first-order chi connectivity index (χ1) is 29.3. The van der Waals surface area contributed by atoms with E-state index in [0.717, 1.165) is 11.1 Å². The number of imidazole rings is 1. The Hall–Kier alpha value is -5.32. The number of aromatic nitrogens is 4. The number of amides is 1. The van der Waals surface area contributed by atoms with Gasteiger partial charge in [0, 0.05) is 19.9 Å². The van der Waals surface area contributed by atoms with Gasteiger partial charge >= 0.3 is 0 Å². The van der Waals surface area contributed by atoms with Crippen molar-refractivity contribution < 1.29 is 28.3 Å². The monoisotopic (exact) mass is 842 g/mol. The fourth-order valence-electron chi connectivity index (χ4n) is 8.73. The van der Waals surface area contributed by atoms with E-state index in [4.69, 9.17) is 23.5 Å². The van der Waals surface area contributed by atoms with E-state index in [-0.39, 0.29) is 40.7 Å². The van der Waals surface area contributed by atoms with Crippen molar-refractivity contribution in [2.75, 3.05) is 11.9 Å². The van der Waals surface area contributed by atoms with E-state index >= 15 is 0 Å². The molecule has 2 N–H and O–H groups in total. The van der Waals surface area contributed by atoms with E-state index in [2.05, 4.69) is 114 Å². The second kappa shape index (κ2) is 17.6. The van der Waals surface area contributed by atoms with E-state index < -0.39 is 44.2 Å². The van der Waals surface area contributed by atoms with Gasteiger partial charge in [-0.15, -0.1) is 0 Å². The van der Waals surface area contributed by atoms with Crippen LogP contribution in [-0.2, 0) is 41.4 Å². The molecule has 0 unspecified atom stereocenters. The van der Waals surface area contributed by atoms with Gasteiger partial charge in [-0.05, 0) is 40.4 Å². The molecule has 0 bridgehead atoms. The van der Waals surface area contributed by atoms with Crippen molar-refractivity contribution in [3.8, 4) is 0 Å². The number of fused-ring (bicyclic) bond motifs is 1. The molecule has 4 heterocycles. The number of anilines is 1. The van der Waals surface area contributed by atoms with Gasteiger partial charge in [-0.2, -0.15) is 10.0 Å². The number of rotatable bonds is 14. The molecule has 318 valence electrons. The highest BCUT2D eigenvalue weighted by Gasteiger charge is 2.55. The molecule has 2 aromatic heterocycles. The van der Waals surface area contributed by atoms with Gasteiger partial charge in [-0.3, -0.25) is 29.3 Å². The topological polar surface area (TPSA) is 142 Å². The Morgan fingerprint density at radius 2 is 1.49 bits per heavy atom. The molecule has 6 aromatic rings. The van der Waals surface area contributed by atoms with E-state index in [1.165, 1.54) is 17.3 Å². The molecule has 14 heteroatoms. The molecule has 0 aliphatic carbocycles. The summed E-state index contributed by atoms with van der Waals surface area (Å²) >= 11 is 0. The summed E-state index contributed by atoms with van der Waals surface area (Å²) < 4.78 is 30.2. The summed E-state index contributed by atoms with van der Waals surface area (Å²) in [5.41, 5.74) is 1.99. The van der Waals surface area contributed by atoms with E-state index in [0.29, 0.717) is 19.6 Å². The number of ether oxygens (including phenoxy) is 3. The average Bonchev–Trinajstić information content (AvgIpc) is 3.94. The molecule has 2 aliphatic rings. The lowest BCUT2D eigenvalue weighted by atomic mass is 9.98. The molecule has 2 aliphatic heterocycles. The van der Waals surface area contributed by atoms with Crippen LogP contribution in [0, 0.1) is 0 Å². The quantitative estimate of drug-likeness (QED) is 0.117. The van der Waals surface area contributed by atoms with Crippen molar-refractivity contribution in [3.63, 3.8) is 0 Å². The van der Waals surface area contributed by atoms with Crippen molar-refractivity contribution in [1.29, 1.82) is 0 Å².